The van der Waals surface area contributed by atoms with Gasteiger partial charge in [0.15, 0.2) is 5.11 Å². The topological polar surface area (TPSA) is 50.4 Å². The van der Waals surface area contributed by atoms with E-state index in [1.54, 1.807) is 0 Å². The number of nitrogens with one attached hydrogen (secondary N) is 2. The largest absolute Gasteiger partial charge is 0.489 e. The third-order valence-corrected chi connectivity index (χ3v) is 3.52. The fraction of sp³-hybridized carbons (Fsp3) is 0.200. The van der Waals surface area contributed by atoms with Gasteiger partial charge in [0.1, 0.15) is 12.4 Å². The molecule has 2 rings (SSSR count). The highest BCUT2D eigenvalue weighted by Crippen LogP contribution is 2.17. The number of aryl methyl sites for hydroxylation is 1. The summed E-state index contributed by atoms with van der Waals surface area (Å²) in [6.45, 7) is 6.17. The number of thiocarbonyl (C=S) groups is 1. The first kappa shape index (κ1) is 18.7. The number of rotatable bonds is 7. The fourth-order valence-corrected chi connectivity index (χ4v) is 2.36. The summed E-state index contributed by atoms with van der Waals surface area (Å²) in [5.41, 5.74) is 2.83. The number of hydrogen-bond donors (Lipinski definition) is 2. The highest BCUT2D eigenvalue weighted by Gasteiger charge is 2.06. The van der Waals surface area contributed by atoms with Crippen molar-refractivity contribution < 1.29 is 9.53 Å². The number of amides is 1. The summed E-state index contributed by atoms with van der Waals surface area (Å²) in [7, 11) is 0. The molecule has 5 heteroatoms. The molecular weight excluding hydrogens is 332 g/mol. The van der Waals surface area contributed by atoms with Crippen LogP contribution in [-0.2, 0) is 11.2 Å². The van der Waals surface area contributed by atoms with Crippen LogP contribution in [0.4, 0.5) is 5.69 Å². The van der Waals surface area contributed by atoms with Crippen molar-refractivity contribution in [3.05, 3.63) is 72.3 Å². The summed E-state index contributed by atoms with van der Waals surface area (Å²) < 4.78 is 5.59. The van der Waals surface area contributed by atoms with Gasteiger partial charge >= 0.3 is 0 Å². The molecule has 1 amide bonds. The molecule has 4 nitrogen and oxygen atoms in total. The lowest BCUT2D eigenvalue weighted by molar-refractivity contribution is -0.119. The van der Waals surface area contributed by atoms with E-state index in [1.807, 2.05) is 61.5 Å². The van der Waals surface area contributed by atoms with E-state index in [0.29, 0.717) is 25.2 Å². The van der Waals surface area contributed by atoms with Crippen LogP contribution >= 0.6 is 12.2 Å². The zero-order valence-corrected chi connectivity index (χ0v) is 15.1. The van der Waals surface area contributed by atoms with Crippen LogP contribution in [-0.4, -0.2) is 17.6 Å². The van der Waals surface area contributed by atoms with Crippen LogP contribution in [0.2, 0.25) is 0 Å². The second-order valence-corrected chi connectivity index (χ2v) is 6.17. The summed E-state index contributed by atoms with van der Waals surface area (Å²) in [4.78, 5) is 12.0. The number of benzene rings is 2. The zero-order chi connectivity index (χ0) is 18.1. The predicted octanol–water partition coefficient (Wildman–Crippen LogP) is 4.09. The Balaban J connectivity index is 1.80. The SMILES string of the molecule is C=C(C)COc1cccc(NC(=S)NC(=O)CCc2ccccc2)c1. The Labute approximate surface area is 153 Å². The summed E-state index contributed by atoms with van der Waals surface area (Å²) in [5, 5.41) is 5.96. The summed E-state index contributed by atoms with van der Waals surface area (Å²) >= 11 is 5.19. The van der Waals surface area contributed by atoms with E-state index in [-0.39, 0.29) is 11.0 Å². The van der Waals surface area contributed by atoms with Gasteiger partial charge in [0.25, 0.3) is 0 Å². The van der Waals surface area contributed by atoms with Gasteiger partial charge in [-0.2, -0.15) is 0 Å². The molecule has 2 N–H and O–H groups in total. The smallest absolute Gasteiger partial charge is 0.226 e. The molecule has 0 fully saturated rings. The van der Waals surface area contributed by atoms with E-state index in [0.717, 1.165) is 16.8 Å². The molecule has 0 aliphatic rings. The maximum atomic E-state index is 12.0. The highest BCUT2D eigenvalue weighted by molar-refractivity contribution is 7.80. The number of anilines is 1. The molecule has 0 aliphatic heterocycles. The van der Waals surface area contributed by atoms with E-state index in [9.17, 15) is 4.79 Å². The minimum absolute atomic E-state index is 0.115. The van der Waals surface area contributed by atoms with Crippen LogP contribution in [0.5, 0.6) is 5.75 Å². The third-order valence-electron chi connectivity index (χ3n) is 3.31. The second-order valence-electron chi connectivity index (χ2n) is 5.76. The van der Waals surface area contributed by atoms with Crippen LogP contribution in [0.25, 0.3) is 0 Å². The number of ether oxygens (including phenoxy) is 1. The molecule has 2 aromatic carbocycles. The Bertz CT molecular complexity index is 744. The number of carbonyl (C=O) groups excluding carboxylic acids is 1. The average Bonchev–Trinajstić information content (AvgIpc) is 2.59. The lowest BCUT2D eigenvalue weighted by atomic mass is 10.1. The Hall–Kier alpha value is -2.66. The van der Waals surface area contributed by atoms with E-state index in [2.05, 4.69) is 17.2 Å². The van der Waals surface area contributed by atoms with Crippen LogP contribution in [0.1, 0.15) is 18.9 Å². The molecule has 2 aromatic rings. The molecule has 0 bridgehead atoms. The number of carbonyl (C=O) groups is 1. The van der Waals surface area contributed by atoms with Gasteiger partial charge in [-0.3, -0.25) is 4.79 Å². The second kappa shape index (κ2) is 9.59. The Morgan fingerprint density at radius 1 is 1.16 bits per heavy atom. The van der Waals surface area contributed by atoms with Gasteiger partial charge in [0.2, 0.25) is 5.91 Å². The van der Waals surface area contributed by atoms with Crippen molar-refractivity contribution in [3.63, 3.8) is 0 Å². The van der Waals surface area contributed by atoms with Crippen molar-refractivity contribution in [2.24, 2.45) is 0 Å². The van der Waals surface area contributed by atoms with Crippen molar-refractivity contribution in [2.75, 3.05) is 11.9 Å². The fourth-order valence-electron chi connectivity index (χ4n) is 2.12. The molecule has 0 unspecified atom stereocenters. The van der Waals surface area contributed by atoms with Crippen LogP contribution < -0.4 is 15.4 Å². The molecule has 130 valence electrons. The van der Waals surface area contributed by atoms with Gasteiger partial charge in [-0.1, -0.05) is 43.0 Å². The molecule has 0 spiro atoms. The normalized spacial score (nSPS) is 9.96. The standard InChI is InChI=1S/C20H22N2O2S/c1-15(2)14-24-18-10-6-9-17(13-18)21-20(25)22-19(23)12-11-16-7-4-3-5-8-16/h3-10,13H,1,11-12,14H2,2H3,(H2,21,22,23,25). The van der Waals surface area contributed by atoms with Crippen molar-refractivity contribution in [1.82, 2.24) is 5.32 Å². The zero-order valence-electron chi connectivity index (χ0n) is 14.2. The highest BCUT2D eigenvalue weighted by atomic mass is 32.1. The molecular formula is C20H22N2O2S. The molecule has 0 saturated heterocycles. The summed E-state index contributed by atoms with van der Waals surface area (Å²) in [6, 6.07) is 17.3. The Kier molecular flexibility index (Phi) is 7.16. The third kappa shape index (κ3) is 7.18. The van der Waals surface area contributed by atoms with Gasteiger partial charge in [-0.05, 0) is 48.8 Å². The van der Waals surface area contributed by atoms with Gasteiger partial charge in [-0.25, -0.2) is 0 Å². The van der Waals surface area contributed by atoms with E-state index < -0.39 is 0 Å². The molecule has 0 aliphatic carbocycles. The molecule has 0 radical (unpaired) electrons. The Morgan fingerprint density at radius 2 is 1.92 bits per heavy atom. The Morgan fingerprint density at radius 3 is 2.64 bits per heavy atom. The lowest BCUT2D eigenvalue weighted by Crippen LogP contribution is -2.34. The quantitative estimate of drug-likeness (QED) is 0.581. The van der Waals surface area contributed by atoms with Crippen LogP contribution in [0, 0.1) is 0 Å². The summed E-state index contributed by atoms with van der Waals surface area (Å²) in [5.74, 6) is 0.599. The first-order valence-corrected chi connectivity index (χ1v) is 8.46. The maximum absolute atomic E-state index is 12.0. The summed E-state index contributed by atoms with van der Waals surface area (Å²) in [6.07, 6.45) is 1.06. The van der Waals surface area contributed by atoms with Crippen molar-refractivity contribution in [1.29, 1.82) is 0 Å². The van der Waals surface area contributed by atoms with E-state index in [4.69, 9.17) is 17.0 Å². The van der Waals surface area contributed by atoms with Crippen molar-refractivity contribution in [2.45, 2.75) is 19.8 Å². The lowest BCUT2D eigenvalue weighted by Gasteiger charge is -2.11. The van der Waals surface area contributed by atoms with Gasteiger partial charge in [0.05, 0.1) is 0 Å². The van der Waals surface area contributed by atoms with Crippen molar-refractivity contribution in [3.8, 4) is 5.75 Å². The molecule has 25 heavy (non-hydrogen) atoms. The average molecular weight is 354 g/mol. The van der Waals surface area contributed by atoms with Crippen LogP contribution in [0.15, 0.2) is 66.7 Å². The van der Waals surface area contributed by atoms with Gasteiger partial charge < -0.3 is 15.4 Å². The molecule has 0 heterocycles. The maximum Gasteiger partial charge on any atom is 0.226 e. The van der Waals surface area contributed by atoms with E-state index >= 15 is 0 Å². The monoisotopic (exact) mass is 354 g/mol. The minimum atomic E-state index is -0.115. The molecule has 0 atom stereocenters. The first-order chi connectivity index (χ1) is 12.0. The van der Waals surface area contributed by atoms with Gasteiger partial charge in [0, 0.05) is 18.2 Å². The molecule has 0 aromatic heterocycles. The minimum Gasteiger partial charge on any atom is -0.489 e. The predicted molar refractivity (Wildman–Crippen MR) is 106 cm³/mol. The van der Waals surface area contributed by atoms with Gasteiger partial charge in [-0.15, -0.1) is 0 Å². The first-order valence-electron chi connectivity index (χ1n) is 8.05. The van der Waals surface area contributed by atoms with Crippen LogP contribution in [0.3, 0.4) is 0 Å². The molecule has 0 saturated carbocycles. The number of hydrogen-bond acceptors (Lipinski definition) is 3. The van der Waals surface area contributed by atoms with Crippen molar-refractivity contribution >= 4 is 28.9 Å². The van der Waals surface area contributed by atoms with E-state index in [1.165, 1.54) is 0 Å².